The summed E-state index contributed by atoms with van der Waals surface area (Å²) < 4.78 is 4.97. The second-order valence-electron chi connectivity index (χ2n) is 3.56. The molecular weight excluding hydrogens is 259 g/mol. The zero-order valence-electron chi connectivity index (χ0n) is 9.58. The summed E-state index contributed by atoms with van der Waals surface area (Å²) in [6, 6.07) is 5.09. The van der Waals surface area contributed by atoms with Gasteiger partial charge in [0, 0.05) is 16.1 Å². The van der Waals surface area contributed by atoms with Gasteiger partial charge in [-0.05, 0) is 36.3 Å². The van der Waals surface area contributed by atoms with Crippen LogP contribution in [0.25, 0.3) is 6.08 Å². The first-order valence-electron chi connectivity index (χ1n) is 5.42. The van der Waals surface area contributed by atoms with Crippen LogP contribution in [0.5, 0.6) is 0 Å². The third-order valence-electron chi connectivity index (χ3n) is 2.04. The van der Waals surface area contributed by atoms with Crippen LogP contribution in [-0.2, 0) is 9.53 Å². The second kappa shape index (κ2) is 7.36. The maximum Gasteiger partial charge on any atom is 0.330 e. The zero-order chi connectivity index (χ0) is 12.7. The average molecular weight is 273 g/mol. The number of esters is 1. The summed E-state index contributed by atoms with van der Waals surface area (Å²) in [7, 11) is 0. The van der Waals surface area contributed by atoms with Gasteiger partial charge in [-0.15, -0.1) is 0 Å². The summed E-state index contributed by atoms with van der Waals surface area (Å²) >= 11 is 11.7. The smallest absolute Gasteiger partial charge is 0.330 e. The molecule has 0 heterocycles. The molecule has 0 aliphatic heterocycles. The highest BCUT2D eigenvalue weighted by molar-refractivity contribution is 6.34. The van der Waals surface area contributed by atoms with Crippen LogP contribution in [0.2, 0.25) is 10.0 Å². The summed E-state index contributed by atoms with van der Waals surface area (Å²) in [6.45, 7) is 2.49. The quantitative estimate of drug-likeness (QED) is 0.453. The van der Waals surface area contributed by atoms with Crippen LogP contribution in [-0.4, -0.2) is 12.6 Å². The molecular formula is C13H14Cl2O2. The normalized spacial score (nSPS) is 10.8. The summed E-state index contributed by atoms with van der Waals surface area (Å²) in [5.74, 6) is -0.352. The molecule has 4 heteroatoms. The van der Waals surface area contributed by atoms with E-state index in [2.05, 4.69) is 0 Å². The van der Waals surface area contributed by atoms with Gasteiger partial charge in [-0.2, -0.15) is 0 Å². The Labute approximate surface area is 111 Å². The minimum atomic E-state index is -0.352. The van der Waals surface area contributed by atoms with E-state index in [1.165, 1.54) is 6.08 Å². The van der Waals surface area contributed by atoms with Crippen molar-refractivity contribution in [2.75, 3.05) is 6.61 Å². The van der Waals surface area contributed by atoms with E-state index < -0.39 is 0 Å². The largest absolute Gasteiger partial charge is 0.463 e. The predicted molar refractivity (Wildman–Crippen MR) is 71.4 cm³/mol. The molecule has 1 rings (SSSR count). The van der Waals surface area contributed by atoms with Crippen molar-refractivity contribution in [2.45, 2.75) is 19.8 Å². The number of hydrogen-bond acceptors (Lipinski definition) is 2. The Kier molecular flexibility index (Phi) is 6.09. The third kappa shape index (κ3) is 5.76. The van der Waals surface area contributed by atoms with Gasteiger partial charge in [-0.25, -0.2) is 4.79 Å². The molecule has 0 bridgehead atoms. The number of ether oxygens (including phenoxy) is 1. The first-order valence-corrected chi connectivity index (χ1v) is 6.18. The van der Waals surface area contributed by atoms with E-state index in [0.717, 1.165) is 18.4 Å². The molecule has 1 aromatic rings. The fraction of sp³-hybridized carbons (Fsp3) is 0.308. The monoisotopic (exact) mass is 272 g/mol. The molecule has 0 radical (unpaired) electrons. The lowest BCUT2D eigenvalue weighted by atomic mass is 10.2. The van der Waals surface area contributed by atoms with E-state index in [1.54, 1.807) is 24.3 Å². The summed E-state index contributed by atoms with van der Waals surface area (Å²) in [4.78, 5) is 11.3. The van der Waals surface area contributed by atoms with Gasteiger partial charge in [0.25, 0.3) is 0 Å². The van der Waals surface area contributed by atoms with Gasteiger partial charge < -0.3 is 4.74 Å². The zero-order valence-corrected chi connectivity index (χ0v) is 11.1. The lowest BCUT2D eigenvalue weighted by molar-refractivity contribution is -0.137. The number of hydrogen-bond donors (Lipinski definition) is 0. The first kappa shape index (κ1) is 14.1. The van der Waals surface area contributed by atoms with Crippen LogP contribution >= 0.6 is 23.2 Å². The summed E-state index contributed by atoms with van der Waals surface area (Å²) in [6.07, 6.45) is 4.88. The van der Waals surface area contributed by atoms with Crippen molar-refractivity contribution in [3.05, 3.63) is 39.9 Å². The minimum absolute atomic E-state index is 0.352. The van der Waals surface area contributed by atoms with E-state index >= 15 is 0 Å². The standard InChI is InChI=1S/C13H14Cl2O2/c1-2-3-6-17-13(16)5-4-10-7-11(14)9-12(15)8-10/h4-5,7-9H,2-3,6H2,1H3/b5-4+. The summed E-state index contributed by atoms with van der Waals surface area (Å²) in [5, 5.41) is 1.08. The van der Waals surface area contributed by atoms with Gasteiger partial charge >= 0.3 is 5.97 Å². The SMILES string of the molecule is CCCCOC(=O)/C=C/c1cc(Cl)cc(Cl)c1. The highest BCUT2D eigenvalue weighted by atomic mass is 35.5. The van der Waals surface area contributed by atoms with Crippen molar-refractivity contribution in [1.82, 2.24) is 0 Å². The molecule has 0 N–H and O–H groups in total. The number of carbonyl (C=O) groups is 1. The van der Waals surface area contributed by atoms with Crippen LogP contribution < -0.4 is 0 Å². The fourth-order valence-electron chi connectivity index (χ4n) is 1.20. The molecule has 0 aliphatic rings. The third-order valence-corrected chi connectivity index (χ3v) is 2.48. The number of carbonyl (C=O) groups excluding carboxylic acids is 1. The Morgan fingerprint density at radius 2 is 1.94 bits per heavy atom. The molecule has 0 aliphatic carbocycles. The van der Waals surface area contributed by atoms with Crippen LogP contribution in [0.15, 0.2) is 24.3 Å². The van der Waals surface area contributed by atoms with Crippen LogP contribution in [0.1, 0.15) is 25.3 Å². The van der Waals surface area contributed by atoms with Crippen LogP contribution in [0, 0.1) is 0 Å². The number of halogens is 2. The molecule has 1 aromatic carbocycles. The lowest BCUT2D eigenvalue weighted by Crippen LogP contribution is -2.01. The molecule has 17 heavy (non-hydrogen) atoms. The highest BCUT2D eigenvalue weighted by Gasteiger charge is 1.98. The van der Waals surface area contributed by atoms with Gasteiger partial charge in [0.15, 0.2) is 0 Å². The number of rotatable bonds is 5. The van der Waals surface area contributed by atoms with E-state index in [1.807, 2.05) is 6.92 Å². The Balaban J connectivity index is 2.54. The van der Waals surface area contributed by atoms with Crippen molar-refractivity contribution in [2.24, 2.45) is 0 Å². The molecule has 0 saturated heterocycles. The van der Waals surface area contributed by atoms with Crippen molar-refractivity contribution < 1.29 is 9.53 Å². The van der Waals surface area contributed by atoms with E-state index in [-0.39, 0.29) is 5.97 Å². The van der Waals surface area contributed by atoms with Gasteiger partial charge in [-0.1, -0.05) is 36.5 Å². The molecule has 0 amide bonds. The van der Waals surface area contributed by atoms with Crippen molar-refractivity contribution in [3.8, 4) is 0 Å². The Morgan fingerprint density at radius 3 is 2.53 bits per heavy atom. The van der Waals surface area contributed by atoms with Gasteiger partial charge in [0.1, 0.15) is 0 Å². The Bertz CT molecular complexity index is 394. The Morgan fingerprint density at radius 1 is 1.29 bits per heavy atom. The number of unbranched alkanes of at least 4 members (excludes halogenated alkanes) is 1. The van der Waals surface area contributed by atoms with Gasteiger partial charge in [0.05, 0.1) is 6.61 Å². The van der Waals surface area contributed by atoms with Gasteiger partial charge in [0.2, 0.25) is 0 Å². The van der Waals surface area contributed by atoms with Crippen molar-refractivity contribution in [1.29, 1.82) is 0 Å². The molecule has 92 valence electrons. The number of benzene rings is 1. The summed E-state index contributed by atoms with van der Waals surface area (Å²) in [5.41, 5.74) is 0.773. The maximum atomic E-state index is 11.3. The van der Waals surface area contributed by atoms with Crippen LogP contribution in [0.3, 0.4) is 0 Å². The van der Waals surface area contributed by atoms with E-state index in [0.29, 0.717) is 16.7 Å². The molecule has 0 saturated carbocycles. The van der Waals surface area contributed by atoms with Gasteiger partial charge in [-0.3, -0.25) is 0 Å². The van der Waals surface area contributed by atoms with E-state index in [9.17, 15) is 4.79 Å². The van der Waals surface area contributed by atoms with Crippen LogP contribution in [0.4, 0.5) is 0 Å². The fourth-order valence-corrected chi connectivity index (χ4v) is 1.74. The molecule has 0 atom stereocenters. The molecule has 0 unspecified atom stereocenters. The second-order valence-corrected chi connectivity index (χ2v) is 4.43. The molecule has 0 fully saturated rings. The Hall–Kier alpha value is -0.990. The first-order chi connectivity index (χ1) is 8.11. The average Bonchev–Trinajstić information content (AvgIpc) is 2.25. The molecule has 0 spiro atoms. The molecule has 2 nitrogen and oxygen atoms in total. The minimum Gasteiger partial charge on any atom is -0.463 e. The highest BCUT2D eigenvalue weighted by Crippen LogP contribution is 2.19. The molecule has 0 aromatic heterocycles. The predicted octanol–water partition coefficient (Wildman–Crippen LogP) is 4.35. The van der Waals surface area contributed by atoms with Crippen molar-refractivity contribution >= 4 is 35.2 Å². The van der Waals surface area contributed by atoms with E-state index in [4.69, 9.17) is 27.9 Å². The maximum absolute atomic E-state index is 11.3. The lowest BCUT2D eigenvalue weighted by Gasteiger charge is -2.00. The van der Waals surface area contributed by atoms with Crippen molar-refractivity contribution in [3.63, 3.8) is 0 Å². The topological polar surface area (TPSA) is 26.3 Å².